The second-order valence-electron chi connectivity index (χ2n) is 5.35. The molecule has 0 bridgehead atoms. The quantitative estimate of drug-likeness (QED) is 0.823. The van der Waals surface area contributed by atoms with Gasteiger partial charge in [0, 0.05) is 24.6 Å². The summed E-state index contributed by atoms with van der Waals surface area (Å²) in [6.45, 7) is 1.16. The van der Waals surface area contributed by atoms with Crippen molar-refractivity contribution in [3.05, 3.63) is 47.7 Å². The minimum atomic E-state index is -4.44. The number of thioether (sulfide) groups is 1. The Kier molecular flexibility index (Phi) is 5.22. The Labute approximate surface area is 146 Å². The van der Waals surface area contributed by atoms with Crippen LogP contribution in [0.5, 0.6) is 5.75 Å². The van der Waals surface area contributed by atoms with Crippen LogP contribution in [0.25, 0.3) is 0 Å². The molecule has 1 aliphatic rings. The lowest BCUT2D eigenvalue weighted by Crippen LogP contribution is -2.38. The number of hydrogen-bond donors (Lipinski definition) is 0. The van der Waals surface area contributed by atoms with Crippen LogP contribution in [0.4, 0.5) is 13.2 Å². The molecule has 0 radical (unpaired) electrons. The van der Waals surface area contributed by atoms with E-state index >= 15 is 0 Å². The third-order valence-corrected chi connectivity index (χ3v) is 4.54. The SMILES string of the molecule is O=C(c1coc(COc2cccc(C(F)(F)F)c2)n1)N1CCSCC1. The number of halogens is 3. The monoisotopic (exact) mass is 372 g/mol. The predicted molar refractivity (Wildman–Crippen MR) is 85.5 cm³/mol. The normalized spacial score (nSPS) is 15.2. The highest BCUT2D eigenvalue weighted by atomic mass is 32.2. The number of amides is 1. The van der Waals surface area contributed by atoms with Crippen LogP contribution >= 0.6 is 11.8 Å². The average Bonchev–Trinajstić information content (AvgIpc) is 3.08. The van der Waals surface area contributed by atoms with Gasteiger partial charge in [0.05, 0.1) is 5.56 Å². The fourth-order valence-corrected chi connectivity index (χ4v) is 3.21. The molecule has 0 unspecified atom stereocenters. The molecule has 1 aromatic heterocycles. The third-order valence-electron chi connectivity index (χ3n) is 3.59. The van der Waals surface area contributed by atoms with E-state index in [9.17, 15) is 18.0 Å². The van der Waals surface area contributed by atoms with E-state index in [-0.39, 0.29) is 29.8 Å². The van der Waals surface area contributed by atoms with E-state index in [1.807, 2.05) is 0 Å². The van der Waals surface area contributed by atoms with Gasteiger partial charge in [0.2, 0.25) is 5.89 Å². The molecule has 134 valence electrons. The number of ether oxygens (including phenoxy) is 1. The third kappa shape index (κ3) is 4.47. The lowest BCUT2D eigenvalue weighted by atomic mass is 10.2. The second kappa shape index (κ2) is 7.38. The van der Waals surface area contributed by atoms with Crippen molar-refractivity contribution in [2.75, 3.05) is 24.6 Å². The van der Waals surface area contributed by atoms with Crippen LogP contribution in [-0.2, 0) is 12.8 Å². The first-order chi connectivity index (χ1) is 11.9. The highest BCUT2D eigenvalue weighted by Crippen LogP contribution is 2.31. The molecule has 2 heterocycles. The zero-order valence-electron chi connectivity index (χ0n) is 13.1. The summed E-state index contributed by atoms with van der Waals surface area (Å²) in [6.07, 6.45) is -3.19. The molecule has 1 aliphatic heterocycles. The van der Waals surface area contributed by atoms with Crippen molar-refractivity contribution in [3.63, 3.8) is 0 Å². The molecular weight excluding hydrogens is 357 g/mol. The fraction of sp³-hybridized carbons (Fsp3) is 0.375. The first kappa shape index (κ1) is 17.7. The first-order valence-electron chi connectivity index (χ1n) is 7.55. The summed E-state index contributed by atoms with van der Waals surface area (Å²) >= 11 is 1.79. The van der Waals surface area contributed by atoms with Gasteiger partial charge in [-0.1, -0.05) is 6.07 Å². The fourth-order valence-electron chi connectivity index (χ4n) is 2.31. The van der Waals surface area contributed by atoms with Crippen molar-refractivity contribution in [3.8, 4) is 5.75 Å². The lowest BCUT2D eigenvalue weighted by molar-refractivity contribution is -0.137. The highest BCUT2D eigenvalue weighted by molar-refractivity contribution is 7.99. The standard InChI is InChI=1S/C16H15F3N2O3S/c17-16(18,19)11-2-1-3-12(8-11)23-10-14-20-13(9-24-14)15(22)21-4-6-25-7-5-21/h1-3,8-9H,4-7,10H2. The van der Waals surface area contributed by atoms with Crippen LogP contribution in [0, 0.1) is 0 Å². The number of oxazole rings is 1. The van der Waals surface area contributed by atoms with E-state index < -0.39 is 11.7 Å². The molecule has 1 aromatic carbocycles. The number of carbonyl (C=O) groups is 1. The van der Waals surface area contributed by atoms with E-state index in [1.165, 1.54) is 18.4 Å². The zero-order chi connectivity index (χ0) is 17.9. The van der Waals surface area contributed by atoms with Crippen LogP contribution in [0.15, 0.2) is 34.9 Å². The van der Waals surface area contributed by atoms with E-state index in [2.05, 4.69) is 4.98 Å². The van der Waals surface area contributed by atoms with Crippen molar-refractivity contribution < 1.29 is 27.1 Å². The number of alkyl halides is 3. The average molecular weight is 372 g/mol. The molecule has 0 aliphatic carbocycles. The van der Waals surface area contributed by atoms with Gasteiger partial charge in [-0.2, -0.15) is 24.9 Å². The van der Waals surface area contributed by atoms with Crippen molar-refractivity contribution >= 4 is 17.7 Å². The van der Waals surface area contributed by atoms with Crippen LogP contribution in [0.3, 0.4) is 0 Å². The summed E-state index contributed by atoms with van der Waals surface area (Å²) in [5.41, 5.74) is -0.620. The molecule has 2 aromatic rings. The van der Waals surface area contributed by atoms with Crippen molar-refractivity contribution in [1.29, 1.82) is 0 Å². The number of hydrogen-bond acceptors (Lipinski definition) is 5. The van der Waals surface area contributed by atoms with Crippen LogP contribution in [0.1, 0.15) is 21.9 Å². The van der Waals surface area contributed by atoms with Gasteiger partial charge in [0.15, 0.2) is 12.3 Å². The molecule has 9 heteroatoms. The summed E-state index contributed by atoms with van der Waals surface area (Å²) in [4.78, 5) is 18.0. The van der Waals surface area contributed by atoms with Crippen molar-refractivity contribution in [2.24, 2.45) is 0 Å². The topological polar surface area (TPSA) is 55.6 Å². The Balaban J connectivity index is 1.61. The molecule has 1 saturated heterocycles. The van der Waals surface area contributed by atoms with Gasteiger partial charge < -0.3 is 14.1 Å². The lowest BCUT2D eigenvalue weighted by Gasteiger charge is -2.25. The van der Waals surface area contributed by atoms with Gasteiger partial charge in [-0.15, -0.1) is 0 Å². The minimum Gasteiger partial charge on any atom is -0.484 e. The second-order valence-corrected chi connectivity index (χ2v) is 6.57. The van der Waals surface area contributed by atoms with E-state index in [1.54, 1.807) is 16.7 Å². The highest BCUT2D eigenvalue weighted by Gasteiger charge is 2.30. The maximum Gasteiger partial charge on any atom is 0.416 e. The molecule has 0 N–H and O–H groups in total. The van der Waals surface area contributed by atoms with Crippen molar-refractivity contribution in [2.45, 2.75) is 12.8 Å². The minimum absolute atomic E-state index is 0.0500. The Morgan fingerprint density at radius 1 is 1.32 bits per heavy atom. The van der Waals surface area contributed by atoms with Crippen LogP contribution < -0.4 is 4.74 Å². The van der Waals surface area contributed by atoms with Gasteiger partial charge >= 0.3 is 6.18 Å². The van der Waals surface area contributed by atoms with E-state index in [0.717, 1.165) is 23.6 Å². The van der Waals surface area contributed by atoms with Gasteiger partial charge in [-0.25, -0.2) is 4.98 Å². The van der Waals surface area contributed by atoms with E-state index in [0.29, 0.717) is 13.1 Å². The predicted octanol–water partition coefficient (Wildman–Crippen LogP) is 3.46. The molecule has 1 amide bonds. The van der Waals surface area contributed by atoms with Crippen LogP contribution in [0.2, 0.25) is 0 Å². The largest absolute Gasteiger partial charge is 0.484 e. The summed E-state index contributed by atoms with van der Waals surface area (Å²) < 4.78 is 48.5. The maximum absolute atomic E-state index is 12.7. The summed E-state index contributed by atoms with van der Waals surface area (Å²) in [5.74, 6) is 1.74. The summed E-state index contributed by atoms with van der Waals surface area (Å²) in [6, 6.07) is 4.54. The molecule has 0 atom stereocenters. The molecule has 1 fully saturated rings. The Morgan fingerprint density at radius 2 is 2.08 bits per heavy atom. The number of carbonyl (C=O) groups excluding carboxylic acids is 1. The van der Waals surface area contributed by atoms with Crippen LogP contribution in [-0.4, -0.2) is 40.4 Å². The van der Waals surface area contributed by atoms with Gasteiger partial charge in [-0.05, 0) is 18.2 Å². The molecule has 25 heavy (non-hydrogen) atoms. The Hall–Kier alpha value is -2.16. The summed E-state index contributed by atoms with van der Waals surface area (Å²) in [5, 5.41) is 0. The number of aromatic nitrogens is 1. The number of nitrogens with zero attached hydrogens (tertiary/aromatic N) is 2. The van der Waals surface area contributed by atoms with Gasteiger partial charge in [-0.3, -0.25) is 4.79 Å². The van der Waals surface area contributed by atoms with Gasteiger partial charge in [0.1, 0.15) is 12.0 Å². The molecule has 0 saturated carbocycles. The van der Waals surface area contributed by atoms with Gasteiger partial charge in [0.25, 0.3) is 5.91 Å². The Bertz CT molecular complexity index is 742. The molecule has 0 spiro atoms. The van der Waals surface area contributed by atoms with E-state index in [4.69, 9.17) is 9.15 Å². The van der Waals surface area contributed by atoms with Crippen molar-refractivity contribution in [1.82, 2.24) is 9.88 Å². The zero-order valence-corrected chi connectivity index (χ0v) is 13.9. The number of benzene rings is 1. The first-order valence-corrected chi connectivity index (χ1v) is 8.70. The summed E-state index contributed by atoms with van der Waals surface area (Å²) in [7, 11) is 0. The molecule has 5 nitrogen and oxygen atoms in total. The maximum atomic E-state index is 12.7. The molecular formula is C16H15F3N2O3S. The smallest absolute Gasteiger partial charge is 0.416 e. The Morgan fingerprint density at radius 3 is 2.80 bits per heavy atom. The number of rotatable bonds is 4. The molecule has 3 rings (SSSR count).